The predicted molar refractivity (Wildman–Crippen MR) is 68.9 cm³/mol. The molecule has 2 rings (SSSR count). The van der Waals surface area contributed by atoms with Crippen molar-refractivity contribution in [2.75, 3.05) is 13.2 Å². The van der Waals surface area contributed by atoms with E-state index in [1.165, 1.54) is 31.2 Å². The summed E-state index contributed by atoms with van der Waals surface area (Å²) < 4.78 is 5.90. The third-order valence-corrected chi connectivity index (χ3v) is 3.80. The van der Waals surface area contributed by atoms with Crippen LogP contribution in [0.4, 0.5) is 0 Å². The lowest BCUT2D eigenvalue weighted by Gasteiger charge is -2.31. The second-order valence-electron chi connectivity index (χ2n) is 4.39. The van der Waals surface area contributed by atoms with E-state index in [0.29, 0.717) is 12.1 Å². The molecule has 2 heterocycles. The van der Waals surface area contributed by atoms with Crippen LogP contribution in [0.1, 0.15) is 44.2 Å². The first kappa shape index (κ1) is 12.1. The Balaban J connectivity index is 2.01. The van der Waals surface area contributed by atoms with E-state index >= 15 is 0 Å². The first-order valence-corrected chi connectivity index (χ1v) is 7.23. The van der Waals surface area contributed by atoms with Crippen LogP contribution < -0.4 is 5.32 Å². The molecule has 0 aromatic carbocycles. The number of hydrogen-bond acceptors (Lipinski definition) is 3. The molecule has 90 valence electrons. The van der Waals surface area contributed by atoms with Crippen molar-refractivity contribution in [2.45, 2.75) is 44.8 Å². The molecule has 1 aliphatic rings. The van der Waals surface area contributed by atoms with Gasteiger partial charge in [0.15, 0.2) is 0 Å². The fourth-order valence-electron chi connectivity index (χ4n) is 2.24. The molecule has 1 aromatic heterocycles. The van der Waals surface area contributed by atoms with Crippen molar-refractivity contribution in [1.82, 2.24) is 5.32 Å². The summed E-state index contributed by atoms with van der Waals surface area (Å²) in [7, 11) is 0. The molecule has 2 nitrogen and oxygen atoms in total. The monoisotopic (exact) mass is 239 g/mol. The Hall–Kier alpha value is -0.380. The molecule has 2 unspecified atom stereocenters. The predicted octanol–water partition coefficient (Wildman–Crippen LogP) is 3.36. The highest BCUT2D eigenvalue weighted by molar-refractivity contribution is 7.07. The summed E-state index contributed by atoms with van der Waals surface area (Å²) in [5.41, 5.74) is 1.39. The summed E-state index contributed by atoms with van der Waals surface area (Å²) in [6.07, 6.45) is 5.26. The van der Waals surface area contributed by atoms with Crippen molar-refractivity contribution in [2.24, 2.45) is 0 Å². The first-order chi connectivity index (χ1) is 7.92. The van der Waals surface area contributed by atoms with Gasteiger partial charge in [-0.15, -0.1) is 0 Å². The zero-order chi connectivity index (χ0) is 11.2. The number of thiophene rings is 1. The van der Waals surface area contributed by atoms with E-state index in [0.717, 1.165) is 13.2 Å². The van der Waals surface area contributed by atoms with E-state index in [2.05, 4.69) is 29.1 Å². The molecule has 1 N–H and O–H groups in total. The largest absolute Gasteiger partial charge is 0.376 e. The summed E-state index contributed by atoms with van der Waals surface area (Å²) >= 11 is 1.77. The molecule has 3 heteroatoms. The lowest BCUT2D eigenvalue weighted by atomic mass is 9.97. The number of hydrogen-bond donors (Lipinski definition) is 1. The molecular formula is C13H21NOS. The van der Waals surface area contributed by atoms with Crippen molar-refractivity contribution in [3.8, 4) is 0 Å². The molecule has 0 radical (unpaired) electrons. The Bertz CT molecular complexity index is 280. The fraction of sp³-hybridized carbons (Fsp3) is 0.692. The maximum absolute atomic E-state index is 5.90. The lowest BCUT2D eigenvalue weighted by Crippen LogP contribution is -2.36. The molecule has 0 amide bonds. The van der Waals surface area contributed by atoms with Crippen LogP contribution in [-0.2, 0) is 4.74 Å². The average Bonchev–Trinajstić information content (AvgIpc) is 2.85. The normalized spacial score (nSPS) is 23.2. The average molecular weight is 239 g/mol. The number of ether oxygens (including phenoxy) is 1. The number of nitrogens with one attached hydrogen (secondary N) is 1. The van der Waals surface area contributed by atoms with Gasteiger partial charge in [-0.05, 0) is 54.6 Å². The molecule has 1 aliphatic heterocycles. The van der Waals surface area contributed by atoms with E-state index in [1.807, 2.05) is 0 Å². The van der Waals surface area contributed by atoms with E-state index < -0.39 is 0 Å². The zero-order valence-corrected chi connectivity index (χ0v) is 10.8. The van der Waals surface area contributed by atoms with Gasteiger partial charge in [-0.3, -0.25) is 0 Å². The van der Waals surface area contributed by atoms with Gasteiger partial charge in [0.05, 0.1) is 12.1 Å². The molecule has 0 bridgehead atoms. The molecule has 1 aromatic rings. The SMILES string of the molecule is CCCNC(c1ccsc1)C1CCCCO1. The topological polar surface area (TPSA) is 21.3 Å². The van der Waals surface area contributed by atoms with Crippen molar-refractivity contribution < 1.29 is 4.74 Å². The van der Waals surface area contributed by atoms with Crippen LogP contribution in [0.25, 0.3) is 0 Å². The van der Waals surface area contributed by atoms with Gasteiger partial charge in [0, 0.05) is 6.61 Å². The summed E-state index contributed by atoms with van der Waals surface area (Å²) in [4.78, 5) is 0. The van der Waals surface area contributed by atoms with Crippen molar-refractivity contribution >= 4 is 11.3 Å². The van der Waals surface area contributed by atoms with Crippen LogP contribution in [0.15, 0.2) is 16.8 Å². The Labute approximate surface area is 102 Å². The smallest absolute Gasteiger partial charge is 0.0770 e. The summed E-state index contributed by atoms with van der Waals surface area (Å²) in [5.74, 6) is 0. The van der Waals surface area contributed by atoms with Gasteiger partial charge in [-0.25, -0.2) is 0 Å². The van der Waals surface area contributed by atoms with Crippen LogP contribution in [0.2, 0.25) is 0 Å². The zero-order valence-electron chi connectivity index (χ0n) is 9.95. The second kappa shape index (κ2) is 6.38. The van der Waals surface area contributed by atoms with Crippen molar-refractivity contribution in [3.05, 3.63) is 22.4 Å². The molecule has 0 saturated carbocycles. The maximum Gasteiger partial charge on any atom is 0.0770 e. The third-order valence-electron chi connectivity index (χ3n) is 3.10. The molecule has 1 saturated heterocycles. The first-order valence-electron chi connectivity index (χ1n) is 6.29. The summed E-state index contributed by atoms with van der Waals surface area (Å²) in [6.45, 7) is 4.21. The Morgan fingerprint density at radius 3 is 3.12 bits per heavy atom. The maximum atomic E-state index is 5.90. The van der Waals surface area contributed by atoms with Crippen LogP contribution >= 0.6 is 11.3 Å². The van der Waals surface area contributed by atoms with Gasteiger partial charge >= 0.3 is 0 Å². The molecule has 0 aliphatic carbocycles. The van der Waals surface area contributed by atoms with Gasteiger partial charge in [0.2, 0.25) is 0 Å². The highest BCUT2D eigenvalue weighted by Gasteiger charge is 2.25. The molecule has 16 heavy (non-hydrogen) atoms. The van der Waals surface area contributed by atoms with Gasteiger partial charge in [0.1, 0.15) is 0 Å². The van der Waals surface area contributed by atoms with Crippen LogP contribution in [0.5, 0.6) is 0 Å². The molecule has 2 atom stereocenters. The highest BCUT2D eigenvalue weighted by Crippen LogP contribution is 2.27. The lowest BCUT2D eigenvalue weighted by molar-refractivity contribution is -0.00806. The quantitative estimate of drug-likeness (QED) is 0.850. The minimum absolute atomic E-state index is 0.370. The molecule has 1 fully saturated rings. The standard InChI is InChI=1S/C13H21NOS/c1-2-7-14-13(11-6-9-16-10-11)12-5-3-4-8-15-12/h6,9-10,12-14H,2-5,7-8H2,1H3. The van der Waals surface area contributed by atoms with Crippen LogP contribution in [-0.4, -0.2) is 19.3 Å². The van der Waals surface area contributed by atoms with Gasteiger partial charge < -0.3 is 10.1 Å². The minimum Gasteiger partial charge on any atom is -0.376 e. The Morgan fingerprint density at radius 2 is 2.50 bits per heavy atom. The van der Waals surface area contributed by atoms with Gasteiger partial charge in [0.25, 0.3) is 0 Å². The molecule has 0 spiro atoms. The van der Waals surface area contributed by atoms with Gasteiger partial charge in [-0.2, -0.15) is 11.3 Å². The molecular weight excluding hydrogens is 218 g/mol. The highest BCUT2D eigenvalue weighted by atomic mass is 32.1. The van der Waals surface area contributed by atoms with E-state index in [4.69, 9.17) is 4.74 Å². The summed E-state index contributed by atoms with van der Waals surface area (Å²) in [5, 5.41) is 8.02. The van der Waals surface area contributed by atoms with Crippen LogP contribution in [0.3, 0.4) is 0 Å². The van der Waals surface area contributed by atoms with E-state index in [1.54, 1.807) is 11.3 Å². The van der Waals surface area contributed by atoms with Crippen LogP contribution in [0, 0.1) is 0 Å². The van der Waals surface area contributed by atoms with Crippen molar-refractivity contribution in [3.63, 3.8) is 0 Å². The third kappa shape index (κ3) is 3.06. The summed E-state index contributed by atoms with van der Waals surface area (Å²) in [6, 6.07) is 2.61. The van der Waals surface area contributed by atoms with Crippen molar-refractivity contribution in [1.29, 1.82) is 0 Å². The Kier molecular flexibility index (Phi) is 4.82. The second-order valence-corrected chi connectivity index (χ2v) is 5.17. The van der Waals surface area contributed by atoms with E-state index in [9.17, 15) is 0 Å². The van der Waals surface area contributed by atoms with Gasteiger partial charge in [-0.1, -0.05) is 6.92 Å². The Morgan fingerprint density at radius 1 is 1.56 bits per heavy atom. The minimum atomic E-state index is 0.370. The van der Waals surface area contributed by atoms with E-state index in [-0.39, 0.29) is 0 Å². The number of rotatable bonds is 5. The fourth-order valence-corrected chi connectivity index (χ4v) is 2.94.